The number of hydrogen-bond acceptors (Lipinski definition) is 8. The van der Waals surface area contributed by atoms with Crippen molar-refractivity contribution >= 4 is 11.7 Å². The molecule has 4 aromatic rings. The van der Waals surface area contributed by atoms with E-state index in [0.717, 1.165) is 22.7 Å². The second kappa shape index (κ2) is 10.6. The molecule has 0 bridgehead atoms. The third-order valence-corrected chi connectivity index (χ3v) is 5.31. The van der Waals surface area contributed by atoms with Crippen LogP contribution in [0.25, 0.3) is 17.4 Å². The van der Waals surface area contributed by atoms with Gasteiger partial charge in [0.15, 0.2) is 24.0 Å². The smallest absolute Gasteiger partial charge is 0.263 e. The van der Waals surface area contributed by atoms with E-state index in [1.807, 2.05) is 70.1 Å². The van der Waals surface area contributed by atoms with Gasteiger partial charge < -0.3 is 24.1 Å². The number of carbonyl (C=O) groups excluding carboxylic acids is 1. The van der Waals surface area contributed by atoms with Crippen molar-refractivity contribution in [1.29, 1.82) is 0 Å². The van der Waals surface area contributed by atoms with Gasteiger partial charge in [0, 0.05) is 18.3 Å². The molecule has 1 N–H and O–H groups in total. The molecule has 188 valence electrons. The zero-order valence-corrected chi connectivity index (χ0v) is 21.3. The first-order valence-electron chi connectivity index (χ1n) is 11.5. The molecule has 1 aromatic carbocycles. The van der Waals surface area contributed by atoms with Crippen molar-refractivity contribution < 1.29 is 18.7 Å². The SMILES string of the molecule is COc1cccc(OCC(=O)Nc2cc(-n3nc(C)cc3C)nc(-c3ccc(C)o3)n2)c1CN(C)C. The monoisotopic (exact) mass is 490 g/mol. The number of nitrogens with one attached hydrogen (secondary N) is 1. The van der Waals surface area contributed by atoms with Crippen LogP contribution >= 0.6 is 0 Å². The minimum Gasteiger partial charge on any atom is -0.496 e. The molecule has 0 aliphatic carbocycles. The van der Waals surface area contributed by atoms with E-state index in [2.05, 4.69) is 20.4 Å². The highest BCUT2D eigenvalue weighted by molar-refractivity contribution is 5.91. The largest absolute Gasteiger partial charge is 0.496 e. The first-order chi connectivity index (χ1) is 17.2. The number of carbonyl (C=O) groups is 1. The van der Waals surface area contributed by atoms with Crippen LogP contribution in [0.5, 0.6) is 11.5 Å². The molecule has 0 unspecified atom stereocenters. The summed E-state index contributed by atoms with van der Waals surface area (Å²) in [5.74, 6) is 3.30. The summed E-state index contributed by atoms with van der Waals surface area (Å²) in [6, 6.07) is 12.8. The van der Waals surface area contributed by atoms with E-state index in [0.29, 0.717) is 41.3 Å². The quantitative estimate of drug-likeness (QED) is 0.376. The Morgan fingerprint density at radius 2 is 1.86 bits per heavy atom. The summed E-state index contributed by atoms with van der Waals surface area (Å²) in [7, 11) is 5.52. The van der Waals surface area contributed by atoms with Crippen LogP contribution < -0.4 is 14.8 Å². The van der Waals surface area contributed by atoms with Crippen LogP contribution in [0.4, 0.5) is 5.82 Å². The minimum absolute atomic E-state index is 0.206. The van der Waals surface area contributed by atoms with Gasteiger partial charge in [-0.05, 0) is 65.2 Å². The molecule has 0 fully saturated rings. The van der Waals surface area contributed by atoms with Gasteiger partial charge in [-0.2, -0.15) is 5.10 Å². The van der Waals surface area contributed by atoms with Gasteiger partial charge in [0.2, 0.25) is 0 Å². The van der Waals surface area contributed by atoms with Gasteiger partial charge in [-0.1, -0.05) is 6.07 Å². The molecule has 0 saturated carbocycles. The third-order valence-electron chi connectivity index (χ3n) is 5.31. The van der Waals surface area contributed by atoms with Gasteiger partial charge in [0.1, 0.15) is 23.1 Å². The number of ether oxygens (including phenoxy) is 2. The van der Waals surface area contributed by atoms with Gasteiger partial charge in [0.25, 0.3) is 5.91 Å². The number of benzene rings is 1. The van der Waals surface area contributed by atoms with Crippen molar-refractivity contribution in [1.82, 2.24) is 24.6 Å². The lowest BCUT2D eigenvalue weighted by Gasteiger charge is -2.17. The summed E-state index contributed by atoms with van der Waals surface area (Å²) in [6.07, 6.45) is 0. The minimum atomic E-state index is -0.367. The van der Waals surface area contributed by atoms with E-state index in [4.69, 9.17) is 13.9 Å². The molecule has 3 heterocycles. The fourth-order valence-corrected chi connectivity index (χ4v) is 3.80. The van der Waals surface area contributed by atoms with E-state index in [1.54, 1.807) is 23.9 Å². The van der Waals surface area contributed by atoms with E-state index in [1.165, 1.54) is 0 Å². The second-order valence-electron chi connectivity index (χ2n) is 8.70. The lowest BCUT2D eigenvalue weighted by atomic mass is 10.1. The van der Waals surface area contributed by atoms with Crippen LogP contribution in [0, 0.1) is 20.8 Å². The molecular weight excluding hydrogens is 460 g/mol. The molecule has 0 spiro atoms. The first kappa shape index (κ1) is 24.9. The number of rotatable bonds is 9. The van der Waals surface area contributed by atoms with Crippen LogP contribution in [0.3, 0.4) is 0 Å². The number of aromatic nitrogens is 4. The lowest BCUT2D eigenvalue weighted by molar-refractivity contribution is -0.118. The number of hydrogen-bond donors (Lipinski definition) is 1. The fourth-order valence-electron chi connectivity index (χ4n) is 3.80. The molecule has 36 heavy (non-hydrogen) atoms. The Morgan fingerprint density at radius 3 is 2.50 bits per heavy atom. The zero-order valence-electron chi connectivity index (χ0n) is 21.3. The van der Waals surface area contributed by atoms with Crippen molar-refractivity contribution in [3.05, 3.63) is 65.2 Å². The maximum absolute atomic E-state index is 12.9. The molecule has 0 saturated heterocycles. The zero-order chi connectivity index (χ0) is 25.8. The summed E-state index contributed by atoms with van der Waals surface area (Å²) in [4.78, 5) is 24.0. The normalized spacial score (nSPS) is 11.1. The van der Waals surface area contributed by atoms with Crippen molar-refractivity contribution in [3.63, 3.8) is 0 Å². The van der Waals surface area contributed by atoms with E-state index in [9.17, 15) is 4.79 Å². The van der Waals surface area contributed by atoms with Gasteiger partial charge >= 0.3 is 0 Å². The molecule has 3 aromatic heterocycles. The Hall–Kier alpha value is -4.18. The molecule has 10 nitrogen and oxygen atoms in total. The molecular formula is C26H30N6O4. The Labute approximate surface area is 209 Å². The standard InChI is InChI=1S/C26H30N6O4/c1-16-12-17(2)32(30-16)24-13-23(28-26(29-24)22-11-10-18(3)36-22)27-25(33)15-35-21-9-7-8-20(34-6)19(21)14-31(4)5/h7-13H,14-15H2,1-6H3,(H,27,28,29,33). The highest BCUT2D eigenvalue weighted by Gasteiger charge is 2.17. The molecule has 1 amide bonds. The van der Waals surface area contributed by atoms with Crippen molar-refractivity contribution in [2.75, 3.05) is 33.1 Å². The average Bonchev–Trinajstić information content (AvgIpc) is 3.42. The number of aryl methyl sites for hydroxylation is 3. The predicted octanol–water partition coefficient (Wildman–Crippen LogP) is 3.94. The van der Waals surface area contributed by atoms with Gasteiger partial charge in [-0.25, -0.2) is 14.6 Å². The Kier molecular flexibility index (Phi) is 7.35. The van der Waals surface area contributed by atoms with Crippen LogP contribution in [0.2, 0.25) is 0 Å². The Balaban J connectivity index is 1.58. The van der Waals surface area contributed by atoms with Crippen molar-refractivity contribution in [2.45, 2.75) is 27.3 Å². The summed E-state index contributed by atoms with van der Waals surface area (Å²) in [5.41, 5.74) is 2.62. The van der Waals surface area contributed by atoms with Crippen LogP contribution in [-0.2, 0) is 11.3 Å². The van der Waals surface area contributed by atoms with Gasteiger partial charge in [0.05, 0.1) is 18.4 Å². The summed E-state index contributed by atoms with van der Waals surface area (Å²) >= 11 is 0. The van der Waals surface area contributed by atoms with Crippen molar-refractivity contribution in [2.24, 2.45) is 0 Å². The second-order valence-corrected chi connectivity index (χ2v) is 8.70. The van der Waals surface area contributed by atoms with Gasteiger partial charge in [-0.15, -0.1) is 0 Å². The number of anilines is 1. The maximum Gasteiger partial charge on any atom is 0.263 e. The van der Waals surface area contributed by atoms with Gasteiger partial charge in [-0.3, -0.25) is 4.79 Å². The maximum atomic E-state index is 12.9. The topological polar surface area (TPSA) is 108 Å². The molecule has 10 heteroatoms. The summed E-state index contributed by atoms with van der Waals surface area (Å²) < 4.78 is 18.8. The highest BCUT2D eigenvalue weighted by atomic mass is 16.5. The molecule has 0 radical (unpaired) electrons. The first-order valence-corrected chi connectivity index (χ1v) is 11.5. The summed E-state index contributed by atoms with van der Waals surface area (Å²) in [5, 5.41) is 7.32. The Bertz CT molecular complexity index is 1370. The average molecular weight is 491 g/mol. The van der Waals surface area contributed by atoms with Crippen LogP contribution in [-0.4, -0.2) is 58.4 Å². The lowest BCUT2D eigenvalue weighted by Crippen LogP contribution is -2.22. The number of amides is 1. The molecule has 0 atom stereocenters. The van der Waals surface area contributed by atoms with Crippen LogP contribution in [0.1, 0.15) is 22.7 Å². The number of furan rings is 1. The highest BCUT2D eigenvalue weighted by Crippen LogP contribution is 2.29. The van der Waals surface area contributed by atoms with Crippen molar-refractivity contribution in [3.8, 4) is 28.9 Å². The Morgan fingerprint density at radius 1 is 1.08 bits per heavy atom. The molecule has 0 aliphatic rings. The molecule has 0 aliphatic heterocycles. The number of methoxy groups -OCH3 is 1. The third kappa shape index (κ3) is 5.72. The van der Waals surface area contributed by atoms with E-state index in [-0.39, 0.29) is 12.5 Å². The fraction of sp³-hybridized carbons (Fsp3) is 0.308. The van der Waals surface area contributed by atoms with E-state index >= 15 is 0 Å². The van der Waals surface area contributed by atoms with Crippen LogP contribution in [0.15, 0.2) is 46.9 Å². The van der Waals surface area contributed by atoms with E-state index < -0.39 is 0 Å². The predicted molar refractivity (Wildman–Crippen MR) is 136 cm³/mol. The number of nitrogens with zero attached hydrogens (tertiary/aromatic N) is 5. The summed E-state index contributed by atoms with van der Waals surface area (Å²) in [6.45, 7) is 6.08. The molecule has 4 rings (SSSR count).